The van der Waals surface area contributed by atoms with E-state index in [1.807, 2.05) is 6.07 Å². The topological polar surface area (TPSA) is 21.3 Å². The SMILES string of the molecule is CCCC1CCC(NC(C)c2cccc(OC)c2)CC1. The second-order valence-corrected chi connectivity index (χ2v) is 6.17. The lowest BCUT2D eigenvalue weighted by Crippen LogP contribution is -2.35. The zero-order chi connectivity index (χ0) is 14.4. The van der Waals surface area contributed by atoms with Gasteiger partial charge in [-0.2, -0.15) is 0 Å². The summed E-state index contributed by atoms with van der Waals surface area (Å²) in [7, 11) is 1.73. The molecule has 1 fully saturated rings. The highest BCUT2D eigenvalue weighted by Crippen LogP contribution is 2.29. The minimum atomic E-state index is 0.401. The third-order valence-corrected chi connectivity index (χ3v) is 4.62. The average Bonchev–Trinajstić information content (AvgIpc) is 2.49. The van der Waals surface area contributed by atoms with E-state index in [0.29, 0.717) is 12.1 Å². The quantitative estimate of drug-likeness (QED) is 0.812. The van der Waals surface area contributed by atoms with Crippen molar-refractivity contribution >= 4 is 0 Å². The first-order chi connectivity index (χ1) is 9.72. The summed E-state index contributed by atoms with van der Waals surface area (Å²) >= 11 is 0. The molecule has 1 saturated carbocycles. The smallest absolute Gasteiger partial charge is 0.119 e. The first-order valence-electron chi connectivity index (χ1n) is 8.13. The number of benzene rings is 1. The van der Waals surface area contributed by atoms with Gasteiger partial charge in [0, 0.05) is 12.1 Å². The third-order valence-electron chi connectivity index (χ3n) is 4.62. The molecule has 1 N–H and O–H groups in total. The number of rotatable bonds is 6. The van der Waals surface area contributed by atoms with Crippen LogP contribution in [0.2, 0.25) is 0 Å². The van der Waals surface area contributed by atoms with E-state index >= 15 is 0 Å². The Morgan fingerprint density at radius 3 is 2.65 bits per heavy atom. The van der Waals surface area contributed by atoms with Crippen molar-refractivity contribution in [3.05, 3.63) is 29.8 Å². The Morgan fingerprint density at radius 1 is 1.25 bits per heavy atom. The zero-order valence-electron chi connectivity index (χ0n) is 13.2. The molecule has 0 spiro atoms. The van der Waals surface area contributed by atoms with Crippen molar-refractivity contribution in [3.63, 3.8) is 0 Å². The molecule has 1 atom stereocenters. The highest BCUT2D eigenvalue weighted by molar-refractivity contribution is 5.30. The monoisotopic (exact) mass is 275 g/mol. The molecule has 1 aliphatic carbocycles. The van der Waals surface area contributed by atoms with Gasteiger partial charge in [-0.15, -0.1) is 0 Å². The molecule has 1 unspecified atom stereocenters. The summed E-state index contributed by atoms with van der Waals surface area (Å²) in [6.07, 6.45) is 8.21. The van der Waals surface area contributed by atoms with Crippen LogP contribution in [0.25, 0.3) is 0 Å². The molecule has 0 aliphatic heterocycles. The van der Waals surface area contributed by atoms with Crippen molar-refractivity contribution in [2.45, 2.75) is 64.5 Å². The summed E-state index contributed by atoms with van der Waals surface area (Å²) in [5, 5.41) is 3.79. The molecule has 0 radical (unpaired) electrons. The normalized spacial score (nSPS) is 24.4. The van der Waals surface area contributed by atoms with Gasteiger partial charge < -0.3 is 10.1 Å². The predicted octanol–water partition coefficient (Wildman–Crippen LogP) is 4.70. The molecule has 2 nitrogen and oxygen atoms in total. The van der Waals surface area contributed by atoms with Crippen molar-refractivity contribution in [1.29, 1.82) is 0 Å². The second kappa shape index (κ2) is 7.68. The molecule has 1 aliphatic rings. The second-order valence-electron chi connectivity index (χ2n) is 6.17. The van der Waals surface area contributed by atoms with Crippen LogP contribution in [0.4, 0.5) is 0 Å². The lowest BCUT2D eigenvalue weighted by molar-refractivity contribution is 0.266. The van der Waals surface area contributed by atoms with Gasteiger partial charge in [0.15, 0.2) is 0 Å². The fourth-order valence-electron chi connectivity index (χ4n) is 3.39. The number of hydrogen-bond donors (Lipinski definition) is 1. The molecular weight excluding hydrogens is 246 g/mol. The fourth-order valence-corrected chi connectivity index (χ4v) is 3.39. The molecule has 20 heavy (non-hydrogen) atoms. The van der Waals surface area contributed by atoms with Gasteiger partial charge in [0.25, 0.3) is 0 Å². The van der Waals surface area contributed by atoms with Gasteiger partial charge >= 0.3 is 0 Å². The molecular formula is C18H29NO. The van der Waals surface area contributed by atoms with E-state index in [2.05, 4.69) is 37.4 Å². The van der Waals surface area contributed by atoms with Crippen LogP contribution in [0.3, 0.4) is 0 Å². The Morgan fingerprint density at radius 2 is 2.00 bits per heavy atom. The molecule has 0 amide bonds. The van der Waals surface area contributed by atoms with Gasteiger partial charge in [0.05, 0.1) is 7.11 Å². The first-order valence-corrected chi connectivity index (χ1v) is 8.13. The molecule has 0 aromatic heterocycles. The van der Waals surface area contributed by atoms with E-state index in [0.717, 1.165) is 11.7 Å². The lowest BCUT2D eigenvalue weighted by Gasteiger charge is -2.31. The fraction of sp³-hybridized carbons (Fsp3) is 0.667. The van der Waals surface area contributed by atoms with Crippen LogP contribution >= 0.6 is 0 Å². The van der Waals surface area contributed by atoms with E-state index in [9.17, 15) is 0 Å². The van der Waals surface area contributed by atoms with E-state index in [1.165, 1.54) is 44.1 Å². The first kappa shape index (κ1) is 15.4. The van der Waals surface area contributed by atoms with Crippen LogP contribution in [-0.2, 0) is 0 Å². The maximum Gasteiger partial charge on any atom is 0.119 e. The van der Waals surface area contributed by atoms with Gasteiger partial charge in [-0.05, 0) is 56.2 Å². The van der Waals surface area contributed by atoms with Crippen molar-refractivity contribution < 1.29 is 4.74 Å². The molecule has 2 rings (SSSR count). The van der Waals surface area contributed by atoms with Crippen LogP contribution in [0.15, 0.2) is 24.3 Å². The van der Waals surface area contributed by atoms with E-state index in [1.54, 1.807) is 7.11 Å². The van der Waals surface area contributed by atoms with Crippen LogP contribution in [-0.4, -0.2) is 13.2 Å². The summed E-state index contributed by atoms with van der Waals surface area (Å²) in [5.41, 5.74) is 1.32. The third kappa shape index (κ3) is 4.24. The Balaban J connectivity index is 1.84. The van der Waals surface area contributed by atoms with E-state index in [4.69, 9.17) is 4.74 Å². The summed E-state index contributed by atoms with van der Waals surface area (Å²) < 4.78 is 5.31. The molecule has 0 heterocycles. The minimum Gasteiger partial charge on any atom is -0.497 e. The maximum atomic E-state index is 5.31. The summed E-state index contributed by atoms with van der Waals surface area (Å²) in [5.74, 6) is 1.92. The number of methoxy groups -OCH3 is 1. The van der Waals surface area contributed by atoms with Crippen LogP contribution in [0, 0.1) is 5.92 Å². The van der Waals surface area contributed by atoms with E-state index in [-0.39, 0.29) is 0 Å². The highest BCUT2D eigenvalue weighted by atomic mass is 16.5. The number of nitrogens with one attached hydrogen (secondary N) is 1. The van der Waals surface area contributed by atoms with Gasteiger partial charge in [-0.1, -0.05) is 31.9 Å². The molecule has 2 heteroatoms. The molecule has 0 saturated heterocycles. The Hall–Kier alpha value is -1.02. The lowest BCUT2D eigenvalue weighted by atomic mass is 9.83. The van der Waals surface area contributed by atoms with Crippen LogP contribution < -0.4 is 10.1 Å². The van der Waals surface area contributed by atoms with Crippen molar-refractivity contribution in [3.8, 4) is 5.75 Å². The summed E-state index contributed by atoms with van der Waals surface area (Å²) in [6, 6.07) is 9.49. The summed E-state index contributed by atoms with van der Waals surface area (Å²) in [6.45, 7) is 4.56. The Kier molecular flexibility index (Phi) is 5.90. The number of ether oxygens (including phenoxy) is 1. The van der Waals surface area contributed by atoms with Crippen LogP contribution in [0.1, 0.15) is 64.0 Å². The molecule has 1 aromatic rings. The number of hydrogen-bond acceptors (Lipinski definition) is 2. The molecule has 0 bridgehead atoms. The van der Waals surface area contributed by atoms with Gasteiger partial charge in [-0.3, -0.25) is 0 Å². The van der Waals surface area contributed by atoms with Crippen molar-refractivity contribution in [2.24, 2.45) is 5.92 Å². The predicted molar refractivity (Wildman–Crippen MR) is 85.2 cm³/mol. The average molecular weight is 275 g/mol. The molecule has 112 valence electrons. The Labute approximate surface area is 123 Å². The summed E-state index contributed by atoms with van der Waals surface area (Å²) in [4.78, 5) is 0. The maximum absolute atomic E-state index is 5.31. The van der Waals surface area contributed by atoms with Gasteiger partial charge in [0.2, 0.25) is 0 Å². The minimum absolute atomic E-state index is 0.401. The standard InChI is InChI=1S/C18H29NO/c1-4-6-15-9-11-17(12-10-15)19-14(2)16-7-5-8-18(13-16)20-3/h5,7-8,13-15,17,19H,4,6,9-12H2,1-3H3. The van der Waals surface area contributed by atoms with Crippen molar-refractivity contribution in [1.82, 2.24) is 5.32 Å². The van der Waals surface area contributed by atoms with Gasteiger partial charge in [-0.25, -0.2) is 0 Å². The molecule has 1 aromatic carbocycles. The zero-order valence-corrected chi connectivity index (χ0v) is 13.2. The van der Waals surface area contributed by atoms with Crippen molar-refractivity contribution in [2.75, 3.05) is 7.11 Å². The Bertz CT molecular complexity index is 396. The highest BCUT2D eigenvalue weighted by Gasteiger charge is 2.21. The largest absolute Gasteiger partial charge is 0.497 e. The van der Waals surface area contributed by atoms with E-state index < -0.39 is 0 Å². The van der Waals surface area contributed by atoms with Crippen LogP contribution in [0.5, 0.6) is 5.75 Å². The van der Waals surface area contributed by atoms with Gasteiger partial charge in [0.1, 0.15) is 5.75 Å².